The lowest BCUT2D eigenvalue weighted by Gasteiger charge is -2.26. The molecule has 0 fully saturated rings. The highest BCUT2D eigenvalue weighted by atomic mass is 32.2. The molecule has 4 aromatic rings. The largest absolute Gasteiger partial charge is 0.382 e. The molecule has 56 heavy (non-hydrogen) atoms. The average molecular weight is 795 g/mol. The smallest absolute Gasteiger partial charge is 0.323 e. The van der Waals surface area contributed by atoms with Crippen molar-refractivity contribution < 1.29 is 34.8 Å². The van der Waals surface area contributed by atoms with E-state index in [1.807, 2.05) is 50.3 Å². The van der Waals surface area contributed by atoms with Crippen LogP contribution < -0.4 is 29.6 Å². The van der Waals surface area contributed by atoms with Crippen LogP contribution in [0.4, 0.5) is 32.3 Å². The van der Waals surface area contributed by atoms with Gasteiger partial charge < -0.3 is 29.6 Å². The summed E-state index contributed by atoms with van der Waals surface area (Å²) in [5, 5.41) is 11.0. The number of amides is 4. The van der Waals surface area contributed by atoms with Gasteiger partial charge in [0, 0.05) is 22.7 Å². The van der Waals surface area contributed by atoms with Crippen LogP contribution in [-0.2, 0) is 20.2 Å². The Labute approximate surface area is 327 Å². The van der Waals surface area contributed by atoms with E-state index in [1.54, 1.807) is 86.7 Å². The minimum atomic E-state index is -3.96. The molecular formula is C42H42N4O8S2. The molecule has 0 aliphatic heterocycles. The van der Waals surface area contributed by atoms with E-state index in [1.165, 1.54) is 24.3 Å². The predicted molar refractivity (Wildman–Crippen MR) is 221 cm³/mol. The maximum atomic E-state index is 12.9. The number of anilines is 4. The van der Waals surface area contributed by atoms with Gasteiger partial charge in [0.25, 0.3) is 0 Å². The van der Waals surface area contributed by atoms with Crippen LogP contribution >= 0.6 is 0 Å². The molecule has 4 aromatic carbocycles. The molecule has 0 spiro atoms. The van der Waals surface area contributed by atoms with Crippen LogP contribution in [0.25, 0.3) is 11.1 Å². The quantitative estimate of drug-likeness (QED) is 0.109. The molecule has 0 saturated carbocycles. The Kier molecular flexibility index (Phi) is 11.3. The summed E-state index contributed by atoms with van der Waals surface area (Å²) in [5.41, 5.74) is 5.74. The Morgan fingerprint density at radius 1 is 0.500 bits per heavy atom. The van der Waals surface area contributed by atoms with E-state index in [0.717, 1.165) is 22.3 Å². The summed E-state index contributed by atoms with van der Waals surface area (Å²) < 4.78 is 60.2. The summed E-state index contributed by atoms with van der Waals surface area (Å²) in [4.78, 5) is 25.3. The van der Waals surface area contributed by atoms with Crippen LogP contribution in [0.2, 0.25) is 0 Å². The van der Waals surface area contributed by atoms with Crippen LogP contribution in [0.1, 0.15) is 40.5 Å². The SMILES string of the molecule is CC1=CCC(C)(S(=O)(=O)Oc2ccc(NC(=O)Nc3ccc(-c4ccc(NC(=O)Nc5ccc(OS(=O)(=O)C6(C)C=CC(C)=CC6)cc5)cc4)cc3)cc2)C=C1. The Bertz CT molecular complexity index is 2280. The topological polar surface area (TPSA) is 169 Å². The molecule has 2 aliphatic carbocycles. The molecule has 4 N–H and O–H groups in total. The van der Waals surface area contributed by atoms with Gasteiger partial charge in [-0.3, -0.25) is 0 Å². The van der Waals surface area contributed by atoms with Gasteiger partial charge in [0.15, 0.2) is 0 Å². The second-order valence-electron chi connectivity index (χ2n) is 14.0. The van der Waals surface area contributed by atoms with Gasteiger partial charge in [-0.25, -0.2) is 9.59 Å². The van der Waals surface area contributed by atoms with E-state index in [-0.39, 0.29) is 11.5 Å². The first-order chi connectivity index (χ1) is 26.5. The van der Waals surface area contributed by atoms with Crippen molar-refractivity contribution >= 4 is 55.0 Å². The van der Waals surface area contributed by atoms with Crippen LogP contribution in [0.15, 0.2) is 145 Å². The highest BCUT2D eigenvalue weighted by molar-refractivity contribution is 7.89. The Morgan fingerprint density at radius 3 is 1.05 bits per heavy atom. The van der Waals surface area contributed by atoms with Gasteiger partial charge in [-0.15, -0.1) is 0 Å². The molecule has 2 unspecified atom stereocenters. The molecule has 0 aromatic heterocycles. The van der Waals surface area contributed by atoms with E-state index in [9.17, 15) is 26.4 Å². The fourth-order valence-electron chi connectivity index (χ4n) is 5.70. The molecule has 4 amide bonds. The minimum absolute atomic E-state index is 0.139. The molecule has 12 nitrogen and oxygen atoms in total. The number of carbonyl (C=O) groups excluding carboxylic acids is 2. The zero-order chi connectivity index (χ0) is 40.1. The highest BCUT2D eigenvalue weighted by Crippen LogP contribution is 2.33. The lowest BCUT2D eigenvalue weighted by Crippen LogP contribution is -2.37. The molecule has 0 radical (unpaired) electrons. The molecule has 6 rings (SSSR count). The van der Waals surface area contributed by atoms with E-state index in [0.29, 0.717) is 35.6 Å². The van der Waals surface area contributed by atoms with Crippen molar-refractivity contribution in [2.45, 2.75) is 50.0 Å². The summed E-state index contributed by atoms with van der Waals surface area (Å²) in [6, 6.07) is 25.6. The number of carbonyl (C=O) groups is 2. The summed E-state index contributed by atoms with van der Waals surface area (Å²) in [5.74, 6) is 0.278. The fourth-order valence-corrected chi connectivity index (χ4v) is 7.85. The molecule has 2 aliphatic rings. The van der Waals surface area contributed by atoms with Crippen molar-refractivity contribution in [2.75, 3.05) is 21.3 Å². The van der Waals surface area contributed by atoms with Crippen molar-refractivity contribution in [3.8, 4) is 22.6 Å². The predicted octanol–water partition coefficient (Wildman–Crippen LogP) is 9.39. The highest BCUT2D eigenvalue weighted by Gasteiger charge is 2.40. The molecule has 290 valence electrons. The molecule has 14 heteroatoms. The Hall–Kier alpha value is -6.12. The lowest BCUT2D eigenvalue weighted by molar-refractivity contribution is 0.261. The van der Waals surface area contributed by atoms with Gasteiger partial charge in [0.05, 0.1) is 0 Å². The average Bonchev–Trinajstić information content (AvgIpc) is 3.16. The molecular weight excluding hydrogens is 753 g/mol. The molecule has 0 saturated heterocycles. The number of hydrogen-bond donors (Lipinski definition) is 4. The number of benzene rings is 4. The van der Waals surface area contributed by atoms with E-state index in [4.69, 9.17) is 8.37 Å². The molecule has 2 atom stereocenters. The summed E-state index contributed by atoms with van der Waals surface area (Å²) in [7, 11) is -7.91. The van der Waals surface area contributed by atoms with Crippen LogP contribution in [0.3, 0.4) is 0 Å². The number of urea groups is 2. The number of allylic oxidation sites excluding steroid dienone is 6. The number of rotatable bonds is 11. The molecule has 0 bridgehead atoms. The minimum Gasteiger partial charge on any atom is -0.382 e. The van der Waals surface area contributed by atoms with Crippen molar-refractivity contribution in [1.29, 1.82) is 0 Å². The summed E-state index contributed by atoms with van der Waals surface area (Å²) >= 11 is 0. The number of hydrogen-bond acceptors (Lipinski definition) is 8. The zero-order valence-electron chi connectivity index (χ0n) is 31.2. The van der Waals surface area contributed by atoms with Crippen molar-refractivity contribution in [3.63, 3.8) is 0 Å². The van der Waals surface area contributed by atoms with E-state index in [2.05, 4.69) is 21.3 Å². The fraction of sp³-hybridized carbons (Fsp3) is 0.190. The first-order valence-corrected chi connectivity index (χ1v) is 20.5. The van der Waals surface area contributed by atoms with Crippen molar-refractivity contribution in [1.82, 2.24) is 0 Å². The standard InChI is InChI=1S/C42H42N4O8S2/c1-29-21-25-41(3,26-22-29)55(49,50)53-37-17-13-35(14-18-37)45-39(47)43-33-9-5-31(6-10-33)32-7-11-34(12-8-32)44-40(48)46-36-15-19-38(20-16-36)54-56(51,52)42(4)27-23-30(2)24-28-42/h5-25,27H,26,28H2,1-4H3,(H2,43,45,47)(H2,44,46,48). The van der Waals surface area contributed by atoms with Gasteiger partial charge in [-0.2, -0.15) is 16.8 Å². The van der Waals surface area contributed by atoms with E-state index < -0.39 is 41.8 Å². The van der Waals surface area contributed by atoms with E-state index >= 15 is 0 Å². The van der Waals surface area contributed by atoms with Gasteiger partial charge >= 0.3 is 32.3 Å². The summed E-state index contributed by atoms with van der Waals surface area (Å²) in [6.45, 7) is 7.04. The van der Waals surface area contributed by atoms with Crippen LogP contribution in [-0.4, -0.2) is 38.4 Å². The lowest BCUT2D eigenvalue weighted by atomic mass is 9.98. The second kappa shape index (κ2) is 15.9. The first-order valence-electron chi connectivity index (χ1n) is 17.7. The summed E-state index contributed by atoms with van der Waals surface area (Å²) in [6.07, 6.45) is 11.1. The van der Waals surface area contributed by atoms with Gasteiger partial charge in [0.2, 0.25) is 0 Å². The third-order valence-corrected chi connectivity index (χ3v) is 13.2. The third kappa shape index (κ3) is 9.39. The Morgan fingerprint density at radius 2 is 0.786 bits per heavy atom. The maximum absolute atomic E-state index is 12.9. The maximum Gasteiger partial charge on any atom is 0.323 e. The number of nitrogens with one attached hydrogen (secondary N) is 4. The second-order valence-corrected chi connectivity index (χ2v) is 18.0. The van der Waals surface area contributed by atoms with Crippen LogP contribution in [0.5, 0.6) is 11.5 Å². The van der Waals surface area contributed by atoms with Gasteiger partial charge in [-0.1, -0.05) is 71.9 Å². The van der Waals surface area contributed by atoms with Crippen molar-refractivity contribution in [2.24, 2.45) is 0 Å². The Balaban J connectivity index is 0.959. The molecule has 0 heterocycles. The third-order valence-electron chi connectivity index (χ3n) is 9.45. The van der Waals surface area contributed by atoms with Gasteiger partial charge in [-0.05, 0) is 124 Å². The van der Waals surface area contributed by atoms with Crippen LogP contribution in [0, 0.1) is 0 Å². The van der Waals surface area contributed by atoms with Crippen molar-refractivity contribution in [3.05, 3.63) is 145 Å². The zero-order valence-corrected chi connectivity index (χ0v) is 32.8. The van der Waals surface area contributed by atoms with Gasteiger partial charge in [0.1, 0.15) is 21.0 Å². The monoisotopic (exact) mass is 794 g/mol. The normalized spacial score (nSPS) is 19.2. The first kappa shape index (κ1) is 39.6.